The summed E-state index contributed by atoms with van der Waals surface area (Å²) >= 11 is 3.39. The van der Waals surface area contributed by atoms with E-state index in [0.29, 0.717) is 0 Å². The maximum Gasteiger partial charge on any atom is 0.0897 e. The molecule has 4 heteroatoms. The van der Waals surface area contributed by atoms with Gasteiger partial charge in [0.2, 0.25) is 0 Å². The molecular weight excluding hydrogens is 178 g/mol. The second kappa shape index (κ2) is 4.74. The summed E-state index contributed by atoms with van der Waals surface area (Å²) in [4.78, 5) is 4.30. The van der Waals surface area contributed by atoms with Gasteiger partial charge in [0.25, 0.3) is 0 Å². The van der Waals surface area contributed by atoms with Crippen LogP contribution in [0.2, 0.25) is 0 Å². The summed E-state index contributed by atoms with van der Waals surface area (Å²) in [5, 5.41) is 11.7. The molecule has 0 bridgehead atoms. The minimum atomic E-state index is 0.258. The van der Waals surface area contributed by atoms with Gasteiger partial charge in [-0.15, -0.1) is 11.3 Å². The van der Waals surface area contributed by atoms with Crippen molar-refractivity contribution in [2.45, 2.75) is 12.7 Å². The fourth-order valence-electron chi connectivity index (χ4n) is 0.716. The number of aryl methyl sites for hydroxylation is 1. The van der Waals surface area contributed by atoms with E-state index >= 15 is 0 Å². The minimum Gasteiger partial charge on any atom is -0.396 e. The van der Waals surface area contributed by atoms with Crippen LogP contribution in [0.25, 0.3) is 0 Å². The van der Waals surface area contributed by atoms with Gasteiger partial charge in [-0.05, 0) is 6.92 Å². The molecule has 1 heterocycles. The molecule has 0 unspecified atom stereocenters. The van der Waals surface area contributed by atoms with Crippen LogP contribution in [0.3, 0.4) is 0 Å². The van der Waals surface area contributed by atoms with Gasteiger partial charge in [0.15, 0.2) is 0 Å². The molecule has 0 aliphatic rings. The van der Waals surface area contributed by atoms with Gasteiger partial charge in [-0.2, -0.15) is 11.8 Å². The maximum absolute atomic E-state index is 8.51. The smallest absolute Gasteiger partial charge is 0.0897 e. The minimum absolute atomic E-state index is 0.258. The first-order valence-corrected chi connectivity index (χ1v) is 5.46. The highest BCUT2D eigenvalue weighted by Crippen LogP contribution is 2.14. The van der Waals surface area contributed by atoms with Crippen molar-refractivity contribution < 1.29 is 5.11 Å². The molecule has 0 aromatic carbocycles. The van der Waals surface area contributed by atoms with Crippen LogP contribution in [0.1, 0.15) is 10.7 Å². The van der Waals surface area contributed by atoms with Crippen molar-refractivity contribution in [2.24, 2.45) is 0 Å². The third-order valence-corrected chi connectivity index (χ3v) is 2.95. The van der Waals surface area contributed by atoms with Gasteiger partial charge in [0, 0.05) is 16.9 Å². The molecule has 62 valence electrons. The molecule has 0 atom stereocenters. The second-order valence-electron chi connectivity index (χ2n) is 2.13. The van der Waals surface area contributed by atoms with Crippen molar-refractivity contribution in [3.63, 3.8) is 0 Å². The highest BCUT2D eigenvalue weighted by atomic mass is 32.2. The van der Waals surface area contributed by atoms with Crippen molar-refractivity contribution in [1.29, 1.82) is 0 Å². The summed E-state index contributed by atoms with van der Waals surface area (Å²) in [5.74, 6) is 1.72. The van der Waals surface area contributed by atoms with E-state index in [-0.39, 0.29) is 6.61 Å². The van der Waals surface area contributed by atoms with Crippen LogP contribution in [-0.4, -0.2) is 22.5 Å². The van der Waals surface area contributed by atoms with Crippen LogP contribution in [0.4, 0.5) is 0 Å². The molecule has 1 aromatic heterocycles. The average molecular weight is 189 g/mol. The largest absolute Gasteiger partial charge is 0.396 e. The molecule has 1 N–H and O–H groups in total. The molecular formula is C7H11NOS2. The predicted molar refractivity (Wildman–Crippen MR) is 50.1 cm³/mol. The Morgan fingerprint density at radius 1 is 1.73 bits per heavy atom. The van der Waals surface area contributed by atoms with Crippen molar-refractivity contribution >= 4 is 23.1 Å². The Morgan fingerprint density at radius 3 is 3.09 bits per heavy atom. The molecule has 0 saturated heterocycles. The standard InChI is InChI=1S/C7H11NOS2/c1-6-8-7(5-11-6)4-10-3-2-9/h5,9H,2-4H2,1H3. The summed E-state index contributed by atoms with van der Waals surface area (Å²) in [6.07, 6.45) is 0. The van der Waals surface area contributed by atoms with E-state index in [4.69, 9.17) is 5.11 Å². The van der Waals surface area contributed by atoms with Crippen LogP contribution >= 0.6 is 23.1 Å². The molecule has 0 amide bonds. The lowest BCUT2D eigenvalue weighted by molar-refractivity contribution is 0.322. The first-order chi connectivity index (χ1) is 5.33. The molecule has 0 spiro atoms. The number of hydrogen-bond acceptors (Lipinski definition) is 4. The Balaban J connectivity index is 2.27. The normalized spacial score (nSPS) is 10.4. The van der Waals surface area contributed by atoms with Gasteiger partial charge in [-0.1, -0.05) is 0 Å². The number of aliphatic hydroxyl groups is 1. The average Bonchev–Trinajstić information content (AvgIpc) is 2.37. The van der Waals surface area contributed by atoms with Gasteiger partial charge in [0.1, 0.15) is 0 Å². The first kappa shape index (κ1) is 9.03. The number of hydrogen-bond donors (Lipinski definition) is 1. The molecule has 1 rings (SSSR count). The zero-order chi connectivity index (χ0) is 8.10. The van der Waals surface area contributed by atoms with Crippen LogP contribution in [0, 0.1) is 6.92 Å². The first-order valence-electron chi connectivity index (χ1n) is 3.42. The van der Waals surface area contributed by atoms with Crippen LogP contribution in [-0.2, 0) is 5.75 Å². The Hall–Kier alpha value is -0.0600. The van der Waals surface area contributed by atoms with E-state index in [1.807, 2.05) is 6.92 Å². The van der Waals surface area contributed by atoms with Crippen molar-refractivity contribution in [2.75, 3.05) is 12.4 Å². The maximum atomic E-state index is 8.51. The number of aliphatic hydroxyl groups excluding tert-OH is 1. The highest BCUT2D eigenvalue weighted by Gasteiger charge is 1.96. The molecule has 0 saturated carbocycles. The quantitative estimate of drug-likeness (QED) is 0.731. The lowest BCUT2D eigenvalue weighted by Gasteiger charge is -1.93. The summed E-state index contributed by atoms with van der Waals surface area (Å²) in [6, 6.07) is 0. The van der Waals surface area contributed by atoms with Crippen LogP contribution < -0.4 is 0 Å². The van der Waals surface area contributed by atoms with Crippen LogP contribution in [0.5, 0.6) is 0 Å². The van der Waals surface area contributed by atoms with Gasteiger partial charge >= 0.3 is 0 Å². The third kappa shape index (κ3) is 3.22. The zero-order valence-electron chi connectivity index (χ0n) is 6.41. The van der Waals surface area contributed by atoms with Gasteiger partial charge < -0.3 is 5.11 Å². The molecule has 0 fully saturated rings. The van der Waals surface area contributed by atoms with E-state index in [0.717, 1.165) is 22.2 Å². The van der Waals surface area contributed by atoms with Crippen molar-refractivity contribution in [3.8, 4) is 0 Å². The summed E-state index contributed by atoms with van der Waals surface area (Å²) < 4.78 is 0. The van der Waals surface area contributed by atoms with Gasteiger partial charge in [-0.25, -0.2) is 4.98 Å². The Bertz CT molecular complexity index is 212. The number of thiazole rings is 1. The van der Waals surface area contributed by atoms with E-state index in [2.05, 4.69) is 10.4 Å². The van der Waals surface area contributed by atoms with E-state index in [9.17, 15) is 0 Å². The molecule has 2 nitrogen and oxygen atoms in total. The summed E-state index contributed by atoms with van der Waals surface area (Å²) in [5.41, 5.74) is 1.13. The Labute approximate surface area is 74.7 Å². The summed E-state index contributed by atoms with van der Waals surface area (Å²) in [7, 11) is 0. The topological polar surface area (TPSA) is 33.1 Å². The monoisotopic (exact) mass is 189 g/mol. The van der Waals surface area contributed by atoms with E-state index in [1.54, 1.807) is 23.1 Å². The van der Waals surface area contributed by atoms with Gasteiger partial charge in [-0.3, -0.25) is 0 Å². The van der Waals surface area contributed by atoms with E-state index < -0.39 is 0 Å². The Morgan fingerprint density at radius 2 is 2.55 bits per heavy atom. The molecule has 0 aliphatic heterocycles. The lowest BCUT2D eigenvalue weighted by Crippen LogP contribution is -1.87. The number of aromatic nitrogens is 1. The Kier molecular flexibility index (Phi) is 3.90. The molecule has 0 radical (unpaired) electrons. The predicted octanol–water partition coefficient (Wildman–Crippen LogP) is 1.68. The van der Waals surface area contributed by atoms with Crippen molar-refractivity contribution in [1.82, 2.24) is 4.98 Å². The number of thioether (sulfide) groups is 1. The van der Waals surface area contributed by atoms with Crippen molar-refractivity contribution in [3.05, 3.63) is 16.1 Å². The number of rotatable bonds is 4. The number of nitrogens with zero attached hydrogens (tertiary/aromatic N) is 1. The third-order valence-electron chi connectivity index (χ3n) is 1.15. The second-order valence-corrected chi connectivity index (χ2v) is 4.30. The SMILES string of the molecule is Cc1nc(CSCCO)cs1. The summed E-state index contributed by atoms with van der Waals surface area (Å²) in [6.45, 7) is 2.26. The van der Waals surface area contributed by atoms with Gasteiger partial charge in [0.05, 0.1) is 17.3 Å². The lowest BCUT2D eigenvalue weighted by atomic mass is 10.6. The fraction of sp³-hybridized carbons (Fsp3) is 0.571. The molecule has 1 aromatic rings. The van der Waals surface area contributed by atoms with E-state index in [1.165, 1.54) is 0 Å². The van der Waals surface area contributed by atoms with Crippen LogP contribution in [0.15, 0.2) is 5.38 Å². The fourth-order valence-corrected chi connectivity index (χ4v) is 2.06. The highest BCUT2D eigenvalue weighted by molar-refractivity contribution is 7.98. The molecule has 0 aliphatic carbocycles. The molecule has 11 heavy (non-hydrogen) atoms. The zero-order valence-corrected chi connectivity index (χ0v) is 8.04.